The monoisotopic (exact) mass is 526 g/mol. The molecule has 208 valence electrons. The second kappa shape index (κ2) is 12.2. The number of methoxy groups -OCH3 is 1. The van der Waals surface area contributed by atoms with Crippen LogP contribution < -0.4 is 10.6 Å². The van der Waals surface area contributed by atoms with Gasteiger partial charge < -0.3 is 24.8 Å². The van der Waals surface area contributed by atoms with Crippen molar-refractivity contribution in [2.24, 2.45) is 11.8 Å². The summed E-state index contributed by atoms with van der Waals surface area (Å²) in [6.07, 6.45) is 2.57. The first-order chi connectivity index (χ1) is 17.9. The summed E-state index contributed by atoms with van der Waals surface area (Å²) >= 11 is 0. The van der Waals surface area contributed by atoms with Crippen LogP contribution in [0.5, 0.6) is 0 Å². The fraction of sp³-hybridized carbons (Fsp3) is 0.633. The van der Waals surface area contributed by atoms with Gasteiger partial charge in [0.1, 0.15) is 17.7 Å². The van der Waals surface area contributed by atoms with Crippen LogP contribution in [0.1, 0.15) is 77.8 Å². The number of benzene rings is 1. The maximum atomic E-state index is 13.8. The van der Waals surface area contributed by atoms with Gasteiger partial charge >= 0.3 is 18.0 Å². The lowest BCUT2D eigenvalue weighted by Gasteiger charge is -2.42. The summed E-state index contributed by atoms with van der Waals surface area (Å²) < 4.78 is 16.8. The van der Waals surface area contributed by atoms with Crippen molar-refractivity contribution in [1.82, 2.24) is 10.6 Å². The molecule has 38 heavy (non-hydrogen) atoms. The zero-order chi connectivity index (χ0) is 28.1. The molecule has 1 heterocycles. The van der Waals surface area contributed by atoms with Crippen molar-refractivity contribution in [2.45, 2.75) is 103 Å². The zero-order valence-electron chi connectivity index (χ0n) is 23.7. The second-order valence-electron chi connectivity index (χ2n) is 11.5. The van der Waals surface area contributed by atoms with Crippen LogP contribution in [-0.2, 0) is 23.8 Å². The molecule has 2 aliphatic rings. The van der Waals surface area contributed by atoms with Crippen LogP contribution >= 0.6 is 0 Å². The van der Waals surface area contributed by atoms with Crippen molar-refractivity contribution in [3.05, 3.63) is 35.4 Å². The number of esters is 2. The van der Waals surface area contributed by atoms with E-state index in [2.05, 4.69) is 22.5 Å². The molecule has 1 aromatic carbocycles. The quantitative estimate of drug-likeness (QED) is 0.324. The lowest BCUT2D eigenvalue weighted by Crippen LogP contribution is -2.54. The molecule has 0 aromatic heterocycles. The molecule has 1 saturated heterocycles. The maximum Gasteiger partial charge on any atom is 0.408 e. The first-order valence-corrected chi connectivity index (χ1v) is 13.5. The summed E-state index contributed by atoms with van der Waals surface area (Å²) in [5, 5.41) is 6.11. The van der Waals surface area contributed by atoms with Crippen LogP contribution in [-0.4, -0.2) is 54.5 Å². The Kier molecular flexibility index (Phi) is 9.48. The highest BCUT2D eigenvalue weighted by molar-refractivity contribution is 5.82. The van der Waals surface area contributed by atoms with Crippen LogP contribution in [0.15, 0.2) is 24.3 Å². The van der Waals surface area contributed by atoms with Crippen LogP contribution in [0.25, 0.3) is 0 Å². The Balaban J connectivity index is 1.97. The van der Waals surface area contributed by atoms with Gasteiger partial charge in [0.2, 0.25) is 0 Å². The van der Waals surface area contributed by atoms with Crippen LogP contribution in [0.2, 0.25) is 0 Å². The zero-order valence-corrected chi connectivity index (χ0v) is 23.7. The first-order valence-electron chi connectivity index (χ1n) is 13.5. The Morgan fingerprint density at radius 3 is 2.63 bits per heavy atom. The molecule has 8 heteroatoms. The van der Waals surface area contributed by atoms with E-state index in [1.165, 1.54) is 7.11 Å². The van der Waals surface area contributed by atoms with Crippen molar-refractivity contribution in [1.29, 1.82) is 0 Å². The molecule has 0 spiro atoms. The number of rotatable bonds is 6. The Bertz CT molecular complexity index is 1080. The molecular formula is C30H42N2O6. The van der Waals surface area contributed by atoms with E-state index in [-0.39, 0.29) is 23.8 Å². The standard InChI is InChI=1S/C30H42N2O6/c1-8-20(3)25(32-28(35)38-29(4,5)6)27(34)37-30(16-14-21-12-9-11-19(2)17-21)15-10-13-23-22(30)18-24(31-23)26(33)36-7/h9,11-12,17,20,22-25,31H,8,10,13,15,18H2,1-7H3,(H,32,35)/t20-,22+,23+,24?,25-,30+/m0/s1. The van der Waals surface area contributed by atoms with Gasteiger partial charge in [-0.1, -0.05) is 38.3 Å². The topological polar surface area (TPSA) is 103 Å². The molecule has 3 rings (SSSR count). The third kappa shape index (κ3) is 7.28. The smallest absolute Gasteiger partial charge is 0.408 e. The minimum Gasteiger partial charge on any atom is -0.468 e. The van der Waals surface area contributed by atoms with E-state index in [9.17, 15) is 14.4 Å². The minimum atomic E-state index is -1.12. The largest absolute Gasteiger partial charge is 0.468 e. The number of amides is 1. The van der Waals surface area contributed by atoms with Gasteiger partial charge in [-0.05, 0) is 82.9 Å². The van der Waals surface area contributed by atoms with Gasteiger partial charge in [-0.15, -0.1) is 0 Å². The van der Waals surface area contributed by atoms with Gasteiger partial charge in [0.15, 0.2) is 5.60 Å². The highest BCUT2D eigenvalue weighted by Gasteiger charge is 2.54. The summed E-state index contributed by atoms with van der Waals surface area (Å²) in [5.74, 6) is 5.29. The van der Waals surface area contributed by atoms with Crippen LogP contribution in [0.3, 0.4) is 0 Å². The number of carbonyl (C=O) groups is 3. The molecule has 0 radical (unpaired) electrons. The third-order valence-corrected chi connectivity index (χ3v) is 7.40. The van der Waals surface area contributed by atoms with Crippen molar-refractivity contribution in [3.63, 3.8) is 0 Å². The van der Waals surface area contributed by atoms with E-state index in [4.69, 9.17) is 14.2 Å². The Labute approximate surface area is 226 Å². The van der Waals surface area contributed by atoms with Crippen LogP contribution in [0.4, 0.5) is 4.79 Å². The number of carbonyl (C=O) groups excluding carboxylic acids is 3. The fourth-order valence-electron chi connectivity index (χ4n) is 5.29. The molecule has 1 amide bonds. The van der Waals surface area contributed by atoms with E-state index < -0.39 is 35.3 Å². The highest BCUT2D eigenvalue weighted by atomic mass is 16.6. The van der Waals surface area contributed by atoms with Crippen LogP contribution in [0, 0.1) is 30.6 Å². The number of hydrogen-bond donors (Lipinski definition) is 2. The number of fused-ring (bicyclic) bond motifs is 1. The van der Waals surface area contributed by atoms with E-state index in [1.54, 1.807) is 20.8 Å². The normalized spacial score (nSPS) is 26.1. The second-order valence-corrected chi connectivity index (χ2v) is 11.5. The molecule has 8 nitrogen and oxygen atoms in total. The number of hydrogen-bond acceptors (Lipinski definition) is 7. The molecule has 1 unspecified atom stereocenters. The van der Waals surface area contributed by atoms with Gasteiger partial charge in [0, 0.05) is 17.5 Å². The van der Waals surface area contributed by atoms with E-state index in [0.29, 0.717) is 19.3 Å². The average Bonchev–Trinajstić information content (AvgIpc) is 3.30. The van der Waals surface area contributed by atoms with E-state index >= 15 is 0 Å². The Hall–Kier alpha value is -3.05. The predicted molar refractivity (Wildman–Crippen MR) is 144 cm³/mol. The van der Waals surface area contributed by atoms with Crippen molar-refractivity contribution in [3.8, 4) is 11.8 Å². The van der Waals surface area contributed by atoms with Gasteiger partial charge in [-0.25, -0.2) is 9.59 Å². The molecule has 1 aliphatic heterocycles. The maximum absolute atomic E-state index is 13.8. The number of ether oxygens (including phenoxy) is 3. The highest BCUT2D eigenvalue weighted by Crippen LogP contribution is 2.43. The first kappa shape index (κ1) is 29.5. The number of alkyl carbamates (subject to hydrolysis) is 1. The molecule has 1 saturated carbocycles. The lowest BCUT2D eigenvalue weighted by molar-refractivity contribution is -0.166. The van der Waals surface area contributed by atoms with Gasteiger partial charge in [-0.2, -0.15) is 0 Å². The van der Waals surface area contributed by atoms with Gasteiger partial charge in [-0.3, -0.25) is 4.79 Å². The fourth-order valence-corrected chi connectivity index (χ4v) is 5.29. The molecule has 1 aliphatic carbocycles. The van der Waals surface area contributed by atoms with Crippen molar-refractivity contribution in [2.75, 3.05) is 7.11 Å². The molecule has 6 atom stereocenters. The summed E-state index contributed by atoms with van der Waals surface area (Å²) in [4.78, 5) is 38.8. The van der Waals surface area contributed by atoms with Crippen molar-refractivity contribution >= 4 is 18.0 Å². The molecule has 1 aromatic rings. The number of nitrogens with one attached hydrogen (secondary N) is 2. The number of aryl methyl sites for hydroxylation is 1. The minimum absolute atomic E-state index is 0.0478. The van der Waals surface area contributed by atoms with Crippen molar-refractivity contribution < 1.29 is 28.6 Å². The van der Waals surface area contributed by atoms with Gasteiger partial charge in [0.25, 0.3) is 0 Å². The summed E-state index contributed by atoms with van der Waals surface area (Å²) in [7, 11) is 1.37. The average molecular weight is 527 g/mol. The summed E-state index contributed by atoms with van der Waals surface area (Å²) in [6.45, 7) is 11.2. The van der Waals surface area contributed by atoms with E-state index in [1.807, 2.05) is 45.0 Å². The SMILES string of the molecule is CC[C@H](C)[C@H](NC(=O)OC(C)(C)C)C(=O)O[C@@]1(C#Cc2cccc(C)c2)CCC[C@H]2NC(C(=O)OC)C[C@H]21. The lowest BCUT2D eigenvalue weighted by atomic mass is 9.72. The van der Waals surface area contributed by atoms with E-state index in [0.717, 1.165) is 24.0 Å². The molecule has 2 N–H and O–H groups in total. The summed E-state index contributed by atoms with van der Waals surface area (Å²) in [5.41, 5.74) is 0.0732. The molecule has 2 fully saturated rings. The Morgan fingerprint density at radius 1 is 1.26 bits per heavy atom. The Morgan fingerprint density at radius 2 is 2.00 bits per heavy atom. The van der Waals surface area contributed by atoms with Gasteiger partial charge in [0.05, 0.1) is 7.11 Å². The molecule has 0 bridgehead atoms. The summed E-state index contributed by atoms with van der Waals surface area (Å²) in [6, 6.07) is 6.41. The molecular weight excluding hydrogens is 484 g/mol. The predicted octanol–water partition coefficient (Wildman–Crippen LogP) is 4.27. The third-order valence-electron chi connectivity index (χ3n) is 7.40.